The van der Waals surface area contributed by atoms with Gasteiger partial charge in [0.1, 0.15) is 6.61 Å². The standard InChI is InChI=1S/C85H160O5/c1-3-5-7-9-11-13-15-17-19-21-23-25-27-29-31-33-35-37-39-40-41-42-43-44-46-47-49-51-53-55-57-59-61-63-65-67-69-71-73-75-77-79-84(87)89-82-83(81-86)90-85(88)80-78-76-74-72-70-68-66-64-62-60-58-56-54-52-50-48-45-38-36-34-32-30-28-26-24-22-20-18-16-14-12-10-8-6-4-2/h6,8,12,14,18,20,24,26,83,86H,3-5,7,9-11,13,15-17,19,21-23,25,27-82H2,1-2H3/b8-6-,14-12-,20-18-,26-24-. The van der Waals surface area contributed by atoms with E-state index in [0.717, 1.165) is 57.8 Å². The van der Waals surface area contributed by atoms with Crippen LogP contribution in [0.2, 0.25) is 0 Å². The van der Waals surface area contributed by atoms with Crippen LogP contribution in [0.25, 0.3) is 0 Å². The van der Waals surface area contributed by atoms with Gasteiger partial charge in [-0.05, 0) is 51.4 Å². The van der Waals surface area contributed by atoms with Gasteiger partial charge in [-0.1, -0.05) is 448 Å². The number of allylic oxidation sites excluding steroid dienone is 8. The maximum atomic E-state index is 12.4. The van der Waals surface area contributed by atoms with E-state index in [1.807, 2.05) is 0 Å². The molecular weight excluding hydrogens is 1100 g/mol. The van der Waals surface area contributed by atoms with Crippen LogP contribution >= 0.6 is 0 Å². The molecule has 0 aromatic rings. The van der Waals surface area contributed by atoms with Crippen molar-refractivity contribution in [3.05, 3.63) is 48.6 Å². The van der Waals surface area contributed by atoms with Gasteiger partial charge >= 0.3 is 11.9 Å². The molecule has 0 rings (SSSR count). The molecular formula is C85H160O5. The second kappa shape index (κ2) is 81.1. The average molecular weight is 1260 g/mol. The molecule has 1 atom stereocenters. The number of rotatable bonds is 78. The van der Waals surface area contributed by atoms with Crippen molar-refractivity contribution in [3.8, 4) is 0 Å². The highest BCUT2D eigenvalue weighted by Crippen LogP contribution is 2.21. The van der Waals surface area contributed by atoms with Gasteiger partial charge in [0.05, 0.1) is 6.61 Å². The third-order valence-corrected chi connectivity index (χ3v) is 19.1. The van der Waals surface area contributed by atoms with Crippen LogP contribution < -0.4 is 0 Å². The molecule has 0 aliphatic carbocycles. The smallest absolute Gasteiger partial charge is 0.306 e. The number of carbonyl (C=O) groups excluding carboxylic acids is 2. The van der Waals surface area contributed by atoms with E-state index in [1.54, 1.807) is 0 Å². The number of unbranched alkanes of at least 4 members (excludes halogenated alkanes) is 62. The minimum Gasteiger partial charge on any atom is -0.462 e. The van der Waals surface area contributed by atoms with Crippen LogP contribution in [0.15, 0.2) is 48.6 Å². The molecule has 0 spiro atoms. The monoisotopic (exact) mass is 1260 g/mol. The molecule has 0 bridgehead atoms. The fourth-order valence-electron chi connectivity index (χ4n) is 13.0. The Morgan fingerprint density at radius 1 is 0.267 bits per heavy atom. The average Bonchev–Trinajstić information content (AvgIpc) is 3.58. The number of hydrogen-bond donors (Lipinski definition) is 1. The SMILES string of the molecule is CC/C=C\C/C=C\C/C=C\C/C=C\CCCCCCCCCCCCCCCCCCCCCCCCC(=O)OC(CO)COC(=O)CCCCCCCCCCCCCCCCCCCCCCCCCCCCCCCCCCCCCCCCCCC. The summed E-state index contributed by atoms with van der Waals surface area (Å²) >= 11 is 0. The van der Waals surface area contributed by atoms with Crippen LogP contribution in [-0.2, 0) is 19.1 Å². The van der Waals surface area contributed by atoms with E-state index in [4.69, 9.17) is 9.47 Å². The molecule has 0 saturated heterocycles. The van der Waals surface area contributed by atoms with Gasteiger partial charge in [-0.25, -0.2) is 0 Å². The Morgan fingerprint density at radius 2 is 0.478 bits per heavy atom. The number of ether oxygens (including phenoxy) is 2. The molecule has 0 heterocycles. The summed E-state index contributed by atoms with van der Waals surface area (Å²) in [5.41, 5.74) is 0. The summed E-state index contributed by atoms with van der Waals surface area (Å²) in [7, 11) is 0. The molecule has 1 N–H and O–H groups in total. The summed E-state index contributed by atoms with van der Waals surface area (Å²) in [5, 5.41) is 9.73. The number of aliphatic hydroxyl groups excluding tert-OH is 1. The van der Waals surface area contributed by atoms with Gasteiger partial charge in [-0.3, -0.25) is 9.59 Å². The number of esters is 2. The normalized spacial score (nSPS) is 12.3. The maximum Gasteiger partial charge on any atom is 0.306 e. The first kappa shape index (κ1) is 87.9. The lowest BCUT2D eigenvalue weighted by atomic mass is 10.0. The van der Waals surface area contributed by atoms with Crippen LogP contribution in [0, 0.1) is 0 Å². The van der Waals surface area contributed by atoms with Gasteiger partial charge in [0.2, 0.25) is 0 Å². The van der Waals surface area contributed by atoms with Crippen LogP contribution in [0.4, 0.5) is 0 Å². The second-order valence-corrected chi connectivity index (χ2v) is 28.2. The summed E-state index contributed by atoms with van der Waals surface area (Å²) in [4.78, 5) is 24.7. The first-order valence-electron chi connectivity index (χ1n) is 41.2. The first-order valence-corrected chi connectivity index (χ1v) is 41.2. The Balaban J connectivity index is 3.34. The molecule has 530 valence electrons. The lowest BCUT2D eigenvalue weighted by Gasteiger charge is -2.15. The van der Waals surface area contributed by atoms with Crippen LogP contribution in [0.5, 0.6) is 0 Å². The lowest BCUT2D eigenvalue weighted by molar-refractivity contribution is -0.161. The quantitative estimate of drug-likeness (QED) is 0.0373. The molecule has 0 aromatic carbocycles. The molecule has 90 heavy (non-hydrogen) atoms. The van der Waals surface area contributed by atoms with E-state index in [9.17, 15) is 14.7 Å². The van der Waals surface area contributed by atoms with Crippen molar-refractivity contribution in [2.45, 2.75) is 469 Å². The van der Waals surface area contributed by atoms with Crippen LogP contribution in [-0.4, -0.2) is 36.4 Å². The highest BCUT2D eigenvalue weighted by atomic mass is 16.6. The van der Waals surface area contributed by atoms with E-state index < -0.39 is 6.10 Å². The van der Waals surface area contributed by atoms with Crippen molar-refractivity contribution in [1.29, 1.82) is 0 Å². The molecule has 5 heteroatoms. The van der Waals surface area contributed by atoms with Gasteiger partial charge < -0.3 is 14.6 Å². The fraction of sp³-hybridized carbons (Fsp3) is 0.882. The highest BCUT2D eigenvalue weighted by Gasteiger charge is 2.16. The molecule has 0 amide bonds. The maximum absolute atomic E-state index is 12.4. The topological polar surface area (TPSA) is 72.8 Å². The van der Waals surface area contributed by atoms with E-state index in [2.05, 4.69) is 62.5 Å². The molecule has 0 aliphatic heterocycles. The van der Waals surface area contributed by atoms with E-state index in [1.165, 1.54) is 379 Å². The minimum absolute atomic E-state index is 0.0586. The van der Waals surface area contributed by atoms with Gasteiger partial charge in [0, 0.05) is 12.8 Å². The van der Waals surface area contributed by atoms with E-state index in [0.29, 0.717) is 12.8 Å². The largest absolute Gasteiger partial charge is 0.462 e. The Kier molecular flexibility index (Phi) is 79.2. The molecule has 0 radical (unpaired) electrons. The first-order chi connectivity index (χ1) is 44.6. The molecule has 0 fully saturated rings. The van der Waals surface area contributed by atoms with Gasteiger partial charge in [-0.15, -0.1) is 0 Å². The number of hydrogen-bond acceptors (Lipinski definition) is 5. The summed E-state index contributed by atoms with van der Waals surface area (Å²) in [6, 6.07) is 0. The van der Waals surface area contributed by atoms with Crippen molar-refractivity contribution in [3.63, 3.8) is 0 Å². The Bertz CT molecular complexity index is 1480. The zero-order valence-electron chi connectivity index (χ0n) is 61.2. The van der Waals surface area contributed by atoms with Crippen molar-refractivity contribution < 1.29 is 24.2 Å². The highest BCUT2D eigenvalue weighted by molar-refractivity contribution is 5.70. The number of carbonyl (C=O) groups is 2. The van der Waals surface area contributed by atoms with Gasteiger partial charge in [0.25, 0.3) is 0 Å². The molecule has 0 aliphatic rings. The van der Waals surface area contributed by atoms with E-state index >= 15 is 0 Å². The Morgan fingerprint density at radius 3 is 0.722 bits per heavy atom. The van der Waals surface area contributed by atoms with Gasteiger partial charge in [0.15, 0.2) is 6.10 Å². The second-order valence-electron chi connectivity index (χ2n) is 28.2. The minimum atomic E-state index is -0.771. The zero-order valence-corrected chi connectivity index (χ0v) is 61.2. The Hall–Kier alpha value is -2.14. The molecule has 1 unspecified atom stereocenters. The summed E-state index contributed by atoms with van der Waals surface area (Å²) < 4.78 is 10.8. The lowest BCUT2D eigenvalue weighted by Crippen LogP contribution is -2.28. The summed E-state index contributed by atoms with van der Waals surface area (Å²) in [6.45, 7) is 4.10. The number of aliphatic hydroxyl groups is 1. The molecule has 0 saturated carbocycles. The van der Waals surface area contributed by atoms with Gasteiger partial charge in [-0.2, -0.15) is 0 Å². The van der Waals surface area contributed by atoms with Crippen LogP contribution in [0.3, 0.4) is 0 Å². The Labute approximate surface area is 564 Å². The van der Waals surface area contributed by atoms with Crippen molar-refractivity contribution in [1.82, 2.24) is 0 Å². The predicted octanol–water partition coefficient (Wildman–Crippen LogP) is 29.0. The third kappa shape index (κ3) is 78.3. The van der Waals surface area contributed by atoms with Crippen molar-refractivity contribution in [2.24, 2.45) is 0 Å². The summed E-state index contributed by atoms with van der Waals surface area (Å²) in [6.07, 6.45) is 111. The third-order valence-electron chi connectivity index (χ3n) is 19.1. The van der Waals surface area contributed by atoms with Crippen LogP contribution in [0.1, 0.15) is 463 Å². The predicted molar refractivity (Wildman–Crippen MR) is 399 cm³/mol. The van der Waals surface area contributed by atoms with Crippen molar-refractivity contribution in [2.75, 3.05) is 13.2 Å². The molecule has 0 aromatic heterocycles. The van der Waals surface area contributed by atoms with E-state index in [-0.39, 0.29) is 25.2 Å². The fourth-order valence-corrected chi connectivity index (χ4v) is 13.0. The van der Waals surface area contributed by atoms with Crippen molar-refractivity contribution >= 4 is 11.9 Å². The zero-order chi connectivity index (χ0) is 64.7. The molecule has 5 nitrogen and oxygen atoms in total. The summed E-state index contributed by atoms with van der Waals surface area (Å²) in [5.74, 6) is -0.562.